The quantitative estimate of drug-likeness (QED) is 0.374. The molecular formula is C28H39N3O5. The van der Waals surface area contributed by atoms with Gasteiger partial charge in [0.05, 0.1) is 0 Å². The van der Waals surface area contributed by atoms with E-state index in [4.69, 9.17) is 10.2 Å². The number of carboxylic acid groups (broad SMARTS) is 2. The van der Waals surface area contributed by atoms with Gasteiger partial charge in [-0.1, -0.05) is 31.4 Å². The Morgan fingerprint density at radius 3 is 2.22 bits per heavy atom. The molecule has 0 atom stereocenters. The molecule has 1 aromatic carbocycles. The van der Waals surface area contributed by atoms with E-state index in [2.05, 4.69) is 36.1 Å². The van der Waals surface area contributed by atoms with Crippen molar-refractivity contribution in [3.63, 3.8) is 0 Å². The van der Waals surface area contributed by atoms with Crippen molar-refractivity contribution in [3.8, 4) is 0 Å². The Hall–Kier alpha value is -3.00. The molecule has 1 saturated carbocycles. The Labute approximate surface area is 213 Å². The van der Waals surface area contributed by atoms with Crippen LogP contribution >= 0.6 is 0 Å². The van der Waals surface area contributed by atoms with Crippen LogP contribution in [0.5, 0.6) is 0 Å². The largest absolute Gasteiger partial charge is 0.478 e. The average Bonchev–Trinajstić information content (AvgIpc) is 3.32. The van der Waals surface area contributed by atoms with E-state index >= 15 is 0 Å². The second kappa shape index (κ2) is 13.3. The summed E-state index contributed by atoms with van der Waals surface area (Å²) in [7, 11) is 0. The third-order valence-corrected chi connectivity index (χ3v) is 7.27. The lowest BCUT2D eigenvalue weighted by atomic mass is 9.87. The molecule has 8 heteroatoms. The maximum absolute atomic E-state index is 12.9. The minimum Gasteiger partial charge on any atom is -0.478 e. The maximum atomic E-state index is 12.9. The highest BCUT2D eigenvalue weighted by molar-refractivity contribution is 6.06. The Balaban J connectivity index is 0.000000392. The number of piperidine rings is 1. The molecule has 1 aliphatic heterocycles. The van der Waals surface area contributed by atoms with Gasteiger partial charge in [-0.3, -0.25) is 9.48 Å². The van der Waals surface area contributed by atoms with Crippen LogP contribution in [0.4, 0.5) is 0 Å². The smallest absolute Gasteiger partial charge is 0.328 e. The second-order valence-corrected chi connectivity index (χ2v) is 10.2. The van der Waals surface area contributed by atoms with Gasteiger partial charge in [0.25, 0.3) is 0 Å². The number of rotatable bonds is 8. The van der Waals surface area contributed by atoms with E-state index in [1.54, 1.807) is 0 Å². The minimum absolute atomic E-state index is 0.259. The molecule has 2 aliphatic rings. The topological polar surface area (TPSA) is 113 Å². The molecule has 0 bridgehead atoms. The second-order valence-electron chi connectivity index (χ2n) is 10.2. The van der Waals surface area contributed by atoms with E-state index in [1.165, 1.54) is 58.0 Å². The van der Waals surface area contributed by atoms with Gasteiger partial charge in [-0.15, -0.1) is 0 Å². The number of carbonyl (C=O) groups is 3. The fraction of sp³-hybridized carbons (Fsp3) is 0.571. The number of hydrogen-bond donors (Lipinski definition) is 2. The van der Waals surface area contributed by atoms with Crippen LogP contribution in [0.1, 0.15) is 88.0 Å². The zero-order chi connectivity index (χ0) is 26.1. The highest BCUT2D eigenvalue weighted by atomic mass is 16.4. The number of aromatic nitrogens is 2. The van der Waals surface area contributed by atoms with Crippen molar-refractivity contribution in [2.45, 2.75) is 83.7 Å². The van der Waals surface area contributed by atoms with Crippen LogP contribution in [0.15, 0.2) is 36.5 Å². The van der Waals surface area contributed by atoms with E-state index in [0.29, 0.717) is 30.5 Å². The van der Waals surface area contributed by atoms with Gasteiger partial charge in [-0.25, -0.2) is 9.59 Å². The van der Waals surface area contributed by atoms with E-state index in [0.717, 1.165) is 28.9 Å². The zero-order valence-electron chi connectivity index (χ0n) is 21.4. The van der Waals surface area contributed by atoms with Crippen molar-refractivity contribution in [1.29, 1.82) is 0 Å². The van der Waals surface area contributed by atoms with Crippen LogP contribution in [0.25, 0.3) is 10.9 Å². The van der Waals surface area contributed by atoms with Crippen LogP contribution in [-0.4, -0.2) is 61.7 Å². The van der Waals surface area contributed by atoms with Crippen molar-refractivity contribution in [1.82, 2.24) is 14.7 Å². The normalized spacial score (nSPS) is 17.9. The van der Waals surface area contributed by atoms with Crippen molar-refractivity contribution in [2.75, 3.05) is 13.1 Å². The lowest BCUT2D eigenvalue weighted by Gasteiger charge is -2.39. The molecule has 0 radical (unpaired) electrons. The molecule has 2 aromatic rings. The van der Waals surface area contributed by atoms with Crippen LogP contribution < -0.4 is 0 Å². The van der Waals surface area contributed by atoms with Crippen molar-refractivity contribution >= 4 is 28.6 Å². The summed E-state index contributed by atoms with van der Waals surface area (Å²) in [5.41, 5.74) is 1.67. The van der Waals surface area contributed by atoms with Gasteiger partial charge in [0.15, 0.2) is 5.78 Å². The number of benzene rings is 1. The molecule has 1 aliphatic carbocycles. The number of nitrogens with zero attached hydrogens (tertiary/aromatic N) is 3. The summed E-state index contributed by atoms with van der Waals surface area (Å²) < 4.78 is 1.96. The van der Waals surface area contributed by atoms with Gasteiger partial charge in [0.2, 0.25) is 0 Å². The third-order valence-electron chi connectivity index (χ3n) is 7.27. The fourth-order valence-electron chi connectivity index (χ4n) is 5.22. The number of fused-ring (bicyclic) bond motifs is 1. The van der Waals surface area contributed by atoms with Gasteiger partial charge in [0.1, 0.15) is 5.52 Å². The summed E-state index contributed by atoms with van der Waals surface area (Å²) in [4.78, 5) is 34.8. The molecule has 2 fully saturated rings. The van der Waals surface area contributed by atoms with Gasteiger partial charge >= 0.3 is 11.9 Å². The molecule has 4 rings (SSSR count). The van der Waals surface area contributed by atoms with Crippen LogP contribution in [0.2, 0.25) is 0 Å². The first-order chi connectivity index (χ1) is 17.2. The molecule has 1 saturated heterocycles. The first-order valence-corrected chi connectivity index (χ1v) is 13.1. The standard InChI is InChI=1S/C24H35N3O.C4H4O4/c1-18(2)27-17-20-7-6-10-22(24(20)25-27)23(28)12-11-19-13-15-26(16-14-19)21-8-4-3-5-9-21;5-3(6)1-2-4(7)8/h6-7,10,17-19,21H,3-5,8-9,11-16H2,1-2H3;1-2H,(H,5,6)(H,7,8)/b;2-1+. The van der Waals surface area contributed by atoms with Crippen molar-refractivity contribution < 1.29 is 24.6 Å². The molecule has 0 unspecified atom stereocenters. The predicted octanol–water partition coefficient (Wildman–Crippen LogP) is 5.34. The molecular weight excluding hydrogens is 458 g/mol. The first kappa shape index (κ1) is 27.6. The van der Waals surface area contributed by atoms with E-state index in [9.17, 15) is 14.4 Å². The monoisotopic (exact) mass is 497 g/mol. The lowest BCUT2D eigenvalue weighted by Crippen LogP contribution is -2.42. The van der Waals surface area contributed by atoms with Gasteiger partial charge in [0, 0.05) is 47.8 Å². The van der Waals surface area contributed by atoms with Gasteiger partial charge in [-0.05, 0) is 71.0 Å². The third kappa shape index (κ3) is 8.01. The Morgan fingerprint density at radius 1 is 1.00 bits per heavy atom. The van der Waals surface area contributed by atoms with Crippen LogP contribution in [0.3, 0.4) is 0 Å². The number of ketones is 1. The summed E-state index contributed by atoms with van der Waals surface area (Å²) in [5, 5.41) is 21.4. The van der Waals surface area contributed by atoms with E-state index < -0.39 is 11.9 Å². The number of carboxylic acids is 2. The minimum atomic E-state index is -1.26. The van der Waals surface area contributed by atoms with Gasteiger partial charge in [-0.2, -0.15) is 5.10 Å². The van der Waals surface area contributed by atoms with Crippen molar-refractivity contribution in [3.05, 3.63) is 42.1 Å². The highest BCUT2D eigenvalue weighted by Gasteiger charge is 2.26. The van der Waals surface area contributed by atoms with E-state index in [-0.39, 0.29) is 5.78 Å². The average molecular weight is 498 g/mol. The van der Waals surface area contributed by atoms with Gasteiger partial charge < -0.3 is 15.1 Å². The summed E-state index contributed by atoms with van der Waals surface area (Å²) >= 11 is 0. The molecule has 196 valence electrons. The van der Waals surface area contributed by atoms with Crippen LogP contribution in [0, 0.1) is 5.92 Å². The zero-order valence-corrected chi connectivity index (χ0v) is 21.4. The highest BCUT2D eigenvalue weighted by Crippen LogP contribution is 2.29. The molecule has 2 N–H and O–H groups in total. The summed E-state index contributed by atoms with van der Waals surface area (Å²) in [6.07, 6.45) is 14.4. The molecule has 0 spiro atoms. The molecule has 8 nitrogen and oxygen atoms in total. The van der Waals surface area contributed by atoms with Crippen molar-refractivity contribution in [2.24, 2.45) is 5.92 Å². The molecule has 0 amide bonds. The number of carbonyl (C=O) groups excluding carboxylic acids is 1. The predicted molar refractivity (Wildman–Crippen MR) is 139 cm³/mol. The summed E-state index contributed by atoms with van der Waals surface area (Å²) in [6, 6.07) is 7.15. The summed E-state index contributed by atoms with van der Waals surface area (Å²) in [5.74, 6) is -1.55. The molecule has 1 aromatic heterocycles. The van der Waals surface area contributed by atoms with Crippen LogP contribution in [-0.2, 0) is 9.59 Å². The van der Waals surface area contributed by atoms with E-state index in [1.807, 2.05) is 16.8 Å². The Morgan fingerprint density at radius 2 is 1.64 bits per heavy atom. The SMILES string of the molecule is CC(C)n1cc2cccc(C(=O)CCC3CCN(C4CCCCC4)CC3)c2n1.O=C(O)/C=C/C(=O)O. The first-order valence-electron chi connectivity index (χ1n) is 13.1. The number of aliphatic carboxylic acids is 2. The Bertz CT molecular complexity index is 1040. The maximum Gasteiger partial charge on any atom is 0.328 e. The Kier molecular flexibility index (Phi) is 10.2. The lowest BCUT2D eigenvalue weighted by molar-refractivity contribution is -0.134. The number of Topliss-reactive ketones (excluding diaryl/α,β-unsaturated/α-hetero) is 1. The summed E-state index contributed by atoms with van der Waals surface area (Å²) in [6.45, 7) is 6.70. The molecule has 2 heterocycles. The molecule has 36 heavy (non-hydrogen) atoms. The number of hydrogen-bond acceptors (Lipinski definition) is 5. The number of likely N-dealkylation sites (tertiary alicyclic amines) is 1. The fourth-order valence-corrected chi connectivity index (χ4v) is 5.22.